The maximum atomic E-state index is 6.09. The molecular formula is C14H18N2OS. The molecule has 1 aliphatic carbocycles. The van der Waals surface area contributed by atoms with Gasteiger partial charge in [0.15, 0.2) is 0 Å². The topological polar surface area (TPSA) is 34.1 Å². The molecule has 3 nitrogen and oxygen atoms in total. The molecule has 1 N–H and O–H groups in total. The van der Waals surface area contributed by atoms with Gasteiger partial charge in [-0.05, 0) is 38.4 Å². The van der Waals surface area contributed by atoms with Crippen molar-refractivity contribution in [3.8, 4) is 5.19 Å². The lowest BCUT2D eigenvalue weighted by Gasteiger charge is -2.30. The molecule has 18 heavy (non-hydrogen) atoms. The van der Waals surface area contributed by atoms with Crippen LogP contribution in [0.4, 0.5) is 0 Å². The van der Waals surface area contributed by atoms with Gasteiger partial charge in [0, 0.05) is 6.04 Å². The highest BCUT2D eigenvalue weighted by Gasteiger charge is 2.26. The van der Waals surface area contributed by atoms with Gasteiger partial charge in [0.05, 0.1) is 10.2 Å². The van der Waals surface area contributed by atoms with Crippen LogP contribution in [0.1, 0.15) is 25.7 Å². The fourth-order valence-corrected chi connectivity index (χ4v) is 3.47. The summed E-state index contributed by atoms with van der Waals surface area (Å²) in [5, 5.41) is 4.17. The van der Waals surface area contributed by atoms with Gasteiger partial charge >= 0.3 is 0 Å². The molecule has 96 valence electrons. The second-order valence-electron chi connectivity index (χ2n) is 4.78. The van der Waals surface area contributed by atoms with Gasteiger partial charge in [-0.15, -0.1) is 0 Å². The molecule has 2 aromatic rings. The van der Waals surface area contributed by atoms with Gasteiger partial charge < -0.3 is 10.1 Å². The van der Waals surface area contributed by atoms with Crippen LogP contribution in [0.15, 0.2) is 24.3 Å². The number of aromatic nitrogens is 1. The molecule has 0 bridgehead atoms. The largest absolute Gasteiger partial charge is 0.465 e. The standard InChI is InChI=1S/C14H18N2OS/c1-15-10-6-2-4-8-12(10)17-14-16-11-7-3-5-9-13(11)18-14/h3,5,7,9-10,12,15H,2,4,6,8H2,1H3. The summed E-state index contributed by atoms with van der Waals surface area (Å²) in [6, 6.07) is 8.65. The van der Waals surface area contributed by atoms with Gasteiger partial charge in [0.1, 0.15) is 6.10 Å². The van der Waals surface area contributed by atoms with Crippen LogP contribution >= 0.6 is 11.3 Å². The quantitative estimate of drug-likeness (QED) is 0.922. The van der Waals surface area contributed by atoms with Gasteiger partial charge in [0.2, 0.25) is 0 Å². The molecule has 0 spiro atoms. The Morgan fingerprint density at radius 1 is 1.28 bits per heavy atom. The van der Waals surface area contributed by atoms with E-state index in [9.17, 15) is 0 Å². The fraction of sp³-hybridized carbons (Fsp3) is 0.500. The molecule has 4 heteroatoms. The third-order valence-electron chi connectivity index (χ3n) is 3.60. The van der Waals surface area contributed by atoms with Gasteiger partial charge in [0.25, 0.3) is 5.19 Å². The summed E-state index contributed by atoms with van der Waals surface area (Å²) >= 11 is 1.64. The fourth-order valence-electron chi connectivity index (χ4n) is 2.60. The first kappa shape index (κ1) is 11.9. The van der Waals surface area contributed by atoms with E-state index in [0.29, 0.717) is 6.04 Å². The first-order valence-corrected chi connectivity index (χ1v) is 7.38. The zero-order chi connectivity index (χ0) is 12.4. The summed E-state index contributed by atoms with van der Waals surface area (Å²) in [7, 11) is 2.02. The number of fused-ring (bicyclic) bond motifs is 1. The molecule has 1 fully saturated rings. The number of hydrogen-bond acceptors (Lipinski definition) is 4. The number of rotatable bonds is 3. The van der Waals surface area contributed by atoms with E-state index >= 15 is 0 Å². The van der Waals surface area contributed by atoms with Gasteiger partial charge in [-0.25, -0.2) is 4.98 Å². The Kier molecular flexibility index (Phi) is 3.48. The minimum absolute atomic E-state index is 0.268. The van der Waals surface area contributed by atoms with Crippen molar-refractivity contribution in [1.29, 1.82) is 0 Å². The van der Waals surface area contributed by atoms with Crippen LogP contribution in [-0.2, 0) is 0 Å². The molecule has 1 heterocycles. The molecule has 1 aliphatic rings. The third kappa shape index (κ3) is 2.35. The Hall–Kier alpha value is -1.13. The van der Waals surface area contributed by atoms with E-state index in [0.717, 1.165) is 17.1 Å². The van der Waals surface area contributed by atoms with Crippen LogP contribution in [-0.4, -0.2) is 24.2 Å². The van der Waals surface area contributed by atoms with Crippen LogP contribution in [0.3, 0.4) is 0 Å². The Labute approximate surface area is 111 Å². The molecule has 1 aromatic heterocycles. The summed E-state index contributed by atoms with van der Waals surface area (Å²) in [5.41, 5.74) is 1.04. The zero-order valence-corrected chi connectivity index (χ0v) is 11.4. The van der Waals surface area contributed by atoms with Gasteiger partial charge in [-0.3, -0.25) is 0 Å². The number of thiazole rings is 1. The van der Waals surface area contributed by atoms with E-state index in [4.69, 9.17) is 4.74 Å². The average molecular weight is 262 g/mol. The summed E-state index contributed by atoms with van der Waals surface area (Å²) < 4.78 is 7.29. The average Bonchev–Trinajstić information content (AvgIpc) is 2.81. The smallest absolute Gasteiger partial charge is 0.274 e. The second-order valence-corrected chi connectivity index (χ2v) is 5.78. The van der Waals surface area contributed by atoms with Gasteiger partial charge in [-0.1, -0.05) is 29.9 Å². The summed E-state index contributed by atoms with van der Waals surface area (Å²) in [5.74, 6) is 0. The monoisotopic (exact) mass is 262 g/mol. The first-order valence-electron chi connectivity index (χ1n) is 6.56. The minimum Gasteiger partial charge on any atom is -0.465 e. The van der Waals surface area contributed by atoms with Crippen molar-refractivity contribution in [1.82, 2.24) is 10.3 Å². The number of hydrogen-bond donors (Lipinski definition) is 1. The van der Waals surface area contributed by atoms with Crippen molar-refractivity contribution >= 4 is 21.6 Å². The van der Waals surface area contributed by atoms with Crippen LogP contribution in [0, 0.1) is 0 Å². The molecule has 2 atom stereocenters. The number of nitrogens with one attached hydrogen (secondary N) is 1. The number of ether oxygens (including phenoxy) is 1. The molecule has 1 aromatic carbocycles. The van der Waals surface area contributed by atoms with E-state index in [1.165, 1.54) is 24.0 Å². The van der Waals surface area contributed by atoms with Crippen molar-refractivity contribution in [3.63, 3.8) is 0 Å². The SMILES string of the molecule is CNC1CCCCC1Oc1nc2ccccc2s1. The van der Waals surface area contributed by atoms with Crippen molar-refractivity contribution in [2.24, 2.45) is 0 Å². The summed E-state index contributed by atoms with van der Waals surface area (Å²) in [6.45, 7) is 0. The van der Waals surface area contributed by atoms with Crippen molar-refractivity contribution < 1.29 is 4.74 Å². The van der Waals surface area contributed by atoms with Gasteiger partial charge in [-0.2, -0.15) is 0 Å². The van der Waals surface area contributed by atoms with E-state index in [1.54, 1.807) is 11.3 Å². The maximum Gasteiger partial charge on any atom is 0.274 e. The predicted octanol–water partition coefficient (Wildman–Crippen LogP) is 3.21. The third-order valence-corrected chi connectivity index (χ3v) is 4.53. The normalized spacial score (nSPS) is 24.3. The Morgan fingerprint density at radius 2 is 2.11 bits per heavy atom. The summed E-state index contributed by atoms with van der Waals surface area (Å²) in [6.07, 6.45) is 5.15. The highest BCUT2D eigenvalue weighted by molar-refractivity contribution is 7.20. The molecule has 0 radical (unpaired) electrons. The predicted molar refractivity (Wildman–Crippen MR) is 75.4 cm³/mol. The van der Waals surface area contributed by atoms with E-state index in [1.807, 2.05) is 25.2 Å². The lowest BCUT2D eigenvalue weighted by molar-refractivity contribution is 0.118. The lowest BCUT2D eigenvalue weighted by Crippen LogP contribution is -2.43. The Morgan fingerprint density at radius 3 is 2.94 bits per heavy atom. The van der Waals surface area contributed by atoms with Crippen LogP contribution in [0.25, 0.3) is 10.2 Å². The number of likely N-dealkylation sites (N-methyl/N-ethyl adjacent to an activating group) is 1. The second kappa shape index (κ2) is 5.24. The highest BCUT2D eigenvalue weighted by Crippen LogP contribution is 2.30. The van der Waals surface area contributed by atoms with E-state index < -0.39 is 0 Å². The van der Waals surface area contributed by atoms with E-state index in [2.05, 4.69) is 16.4 Å². The molecule has 0 aliphatic heterocycles. The molecule has 0 saturated heterocycles. The first-order chi connectivity index (χ1) is 8.86. The van der Waals surface area contributed by atoms with Crippen LogP contribution in [0.5, 0.6) is 5.19 Å². The zero-order valence-electron chi connectivity index (χ0n) is 10.6. The Balaban J connectivity index is 1.78. The maximum absolute atomic E-state index is 6.09. The molecule has 3 rings (SSSR count). The molecule has 1 saturated carbocycles. The minimum atomic E-state index is 0.268. The van der Waals surface area contributed by atoms with Crippen molar-refractivity contribution in [3.05, 3.63) is 24.3 Å². The van der Waals surface area contributed by atoms with Crippen LogP contribution < -0.4 is 10.1 Å². The number of benzene rings is 1. The molecule has 2 unspecified atom stereocenters. The number of nitrogens with zero attached hydrogens (tertiary/aromatic N) is 1. The van der Waals surface area contributed by atoms with Crippen LogP contribution in [0.2, 0.25) is 0 Å². The van der Waals surface area contributed by atoms with Crippen molar-refractivity contribution in [2.45, 2.75) is 37.8 Å². The van der Waals surface area contributed by atoms with Crippen molar-refractivity contribution in [2.75, 3.05) is 7.05 Å². The molecule has 0 amide bonds. The lowest BCUT2D eigenvalue weighted by atomic mass is 9.93. The Bertz CT molecular complexity index is 492. The summed E-state index contributed by atoms with van der Waals surface area (Å²) in [4.78, 5) is 4.54. The number of para-hydroxylation sites is 1. The highest BCUT2D eigenvalue weighted by atomic mass is 32.1. The van der Waals surface area contributed by atoms with E-state index in [-0.39, 0.29) is 6.10 Å². The molecular weight excluding hydrogens is 244 g/mol.